The molecule has 0 fully saturated rings. The summed E-state index contributed by atoms with van der Waals surface area (Å²) in [5.74, 6) is -0.442. The number of thiophene rings is 1. The highest BCUT2D eigenvalue weighted by atomic mass is 35.5. The van der Waals surface area contributed by atoms with E-state index in [1.54, 1.807) is 47.8 Å². The lowest BCUT2D eigenvalue weighted by molar-refractivity contribution is -0.132. The fourth-order valence-electron chi connectivity index (χ4n) is 2.70. The van der Waals surface area contributed by atoms with Crippen molar-refractivity contribution >= 4 is 44.6 Å². The Labute approximate surface area is 189 Å². The molecule has 0 aliphatic carbocycles. The van der Waals surface area contributed by atoms with E-state index in [9.17, 15) is 17.6 Å². The first-order valence-electron chi connectivity index (χ1n) is 9.12. The normalized spacial score (nSPS) is 11.2. The van der Waals surface area contributed by atoms with Gasteiger partial charge in [0.25, 0.3) is 15.9 Å². The second-order valence-electron chi connectivity index (χ2n) is 6.64. The molecule has 10 heteroatoms. The van der Waals surface area contributed by atoms with Crippen LogP contribution in [0.15, 0.2) is 64.2 Å². The number of sulfonamides is 1. The summed E-state index contributed by atoms with van der Waals surface area (Å²) >= 11 is 7.14. The third kappa shape index (κ3) is 5.36. The maximum Gasteiger partial charge on any atom is 0.273 e. The van der Waals surface area contributed by atoms with Gasteiger partial charge in [-0.25, -0.2) is 12.8 Å². The van der Waals surface area contributed by atoms with E-state index in [1.807, 2.05) is 0 Å². The second kappa shape index (κ2) is 9.67. The van der Waals surface area contributed by atoms with Crippen molar-refractivity contribution in [1.29, 1.82) is 0 Å². The van der Waals surface area contributed by atoms with Crippen LogP contribution in [0.5, 0.6) is 5.75 Å². The Bertz CT molecular complexity index is 1130. The summed E-state index contributed by atoms with van der Waals surface area (Å²) < 4.78 is 46.0. The molecule has 164 valence electrons. The summed E-state index contributed by atoms with van der Waals surface area (Å²) in [4.78, 5) is 13.6. The Morgan fingerprint density at radius 3 is 2.42 bits per heavy atom. The molecule has 1 heterocycles. The SMILES string of the molecule is CN(Cc1c(F)cccc1Cl)C(=O)COc1ccc(N(C)S(=O)(=O)c2cccs2)cc1. The minimum atomic E-state index is -3.63. The fourth-order valence-corrected chi connectivity index (χ4v) is 5.28. The number of anilines is 1. The second-order valence-corrected chi connectivity index (χ2v) is 10.2. The predicted molar refractivity (Wildman–Crippen MR) is 120 cm³/mol. The van der Waals surface area contributed by atoms with Crippen LogP contribution < -0.4 is 9.04 Å². The number of halogens is 2. The monoisotopic (exact) mass is 482 g/mol. The maximum absolute atomic E-state index is 13.9. The zero-order valence-corrected chi connectivity index (χ0v) is 19.2. The van der Waals surface area contributed by atoms with E-state index in [0.717, 1.165) is 11.3 Å². The van der Waals surface area contributed by atoms with Crippen LogP contribution in [0, 0.1) is 5.82 Å². The minimum absolute atomic E-state index is 0.0119. The average molecular weight is 483 g/mol. The van der Waals surface area contributed by atoms with Crippen molar-refractivity contribution in [3.05, 3.63) is 76.4 Å². The molecule has 1 amide bonds. The van der Waals surface area contributed by atoms with Gasteiger partial charge in [0.2, 0.25) is 0 Å². The van der Waals surface area contributed by atoms with Gasteiger partial charge >= 0.3 is 0 Å². The molecule has 0 saturated carbocycles. The number of hydrogen-bond acceptors (Lipinski definition) is 5. The Balaban J connectivity index is 1.59. The highest BCUT2D eigenvalue weighted by Crippen LogP contribution is 2.26. The first kappa shape index (κ1) is 23.1. The molecule has 0 radical (unpaired) electrons. The Kier molecular flexibility index (Phi) is 7.19. The number of rotatable bonds is 8. The van der Waals surface area contributed by atoms with Crippen LogP contribution in [-0.4, -0.2) is 39.9 Å². The van der Waals surface area contributed by atoms with Crippen molar-refractivity contribution in [2.45, 2.75) is 10.8 Å². The van der Waals surface area contributed by atoms with Crippen LogP contribution in [0.3, 0.4) is 0 Å². The van der Waals surface area contributed by atoms with Crippen LogP contribution in [0.4, 0.5) is 10.1 Å². The lowest BCUT2D eigenvalue weighted by atomic mass is 10.2. The summed E-state index contributed by atoms with van der Waals surface area (Å²) in [5, 5.41) is 1.95. The standard InChI is InChI=1S/C21H20ClFN2O4S2/c1-24(13-17-18(22)5-3-6-19(17)23)20(26)14-29-16-10-8-15(9-11-16)25(2)31(27,28)21-7-4-12-30-21/h3-12H,13-14H2,1-2H3. The van der Waals surface area contributed by atoms with E-state index in [2.05, 4.69) is 0 Å². The molecule has 3 rings (SSSR count). The lowest BCUT2D eigenvalue weighted by Crippen LogP contribution is -2.31. The van der Waals surface area contributed by atoms with Gasteiger partial charge in [0.1, 0.15) is 15.8 Å². The summed E-state index contributed by atoms with van der Waals surface area (Å²) in [5.41, 5.74) is 0.692. The van der Waals surface area contributed by atoms with Gasteiger partial charge in [-0.15, -0.1) is 11.3 Å². The van der Waals surface area contributed by atoms with Crippen molar-refractivity contribution in [2.75, 3.05) is 25.0 Å². The molecule has 0 atom stereocenters. The summed E-state index contributed by atoms with van der Waals surface area (Å²) in [6.07, 6.45) is 0. The number of amides is 1. The first-order valence-corrected chi connectivity index (χ1v) is 11.8. The molecular weight excluding hydrogens is 463 g/mol. The Morgan fingerprint density at radius 2 is 1.81 bits per heavy atom. The van der Waals surface area contributed by atoms with E-state index in [0.29, 0.717) is 11.4 Å². The van der Waals surface area contributed by atoms with Gasteiger partial charge in [-0.1, -0.05) is 23.7 Å². The van der Waals surface area contributed by atoms with E-state index in [4.69, 9.17) is 16.3 Å². The number of benzene rings is 2. The fraction of sp³-hybridized carbons (Fsp3) is 0.190. The van der Waals surface area contributed by atoms with Crippen LogP contribution in [0.2, 0.25) is 5.02 Å². The summed E-state index contributed by atoms with van der Waals surface area (Å²) in [6.45, 7) is -0.247. The van der Waals surface area contributed by atoms with Gasteiger partial charge < -0.3 is 9.64 Å². The largest absolute Gasteiger partial charge is 0.484 e. The van der Waals surface area contributed by atoms with Gasteiger partial charge in [-0.05, 0) is 47.8 Å². The quantitative estimate of drug-likeness (QED) is 0.477. The molecule has 0 saturated heterocycles. The minimum Gasteiger partial charge on any atom is -0.484 e. The molecule has 0 N–H and O–H groups in total. The van der Waals surface area contributed by atoms with Crippen molar-refractivity contribution in [3.8, 4) is 5.75 Å². The average Bonchev–Trinajstić information content (AvgIpc) is 3.30. The smallest absolute Gasteiger partial charge is 0.273 e. The highest BCUT2D eigenvalue weighted by molar-refractivity contribution is 7.94. The van der Waals surface area contributed by atoms with E-state index in [1.165, 1.54) is 35.4 Å². The van der Waals surface area contributed by atoms with Crippen molar-refractivity contribution in [1.82, 2.24) is 4.90 Å². The third-order valence-electron chi connectivity index (χ3n) is 4.56. The highest BCUT2D eigenvalue weighted by Gasteiger charge is 2.22. The molecule has 1 aromatic heterocycles. The number of hydrogen-bond donors (Lipinski definition) is 0. The third-order valence-corrected chi connectivity index (χ3v) is 8.07. The van der Waals surface area contributed by atoms with Gasteiger partial charge in [-0.3, -0.25) is 9.10 Å². The number of nitrogens with zero attached hydrogens (tertiary/aromatic N) is 2. The molecule has 0 unspecified atom stereocenters. The van der Waals surface area contributed by atoms with Gasteiger partial charge in [-0.2, -0.15) is 0 Å². The van der Waals surface area contributed by atoms with Crippen LogP contribution >= 0.6 is 22.9 Å². The van der Waals surface area contributed by atoms with Gasteiger partial charge in [0.05, 0.1) is 5.69 Å². The molecular formula is C21H20ClFN2O4S2. The molecule has 3 aromatic rings. The molecule has 0 aliphatic heterocycles. The molecule has 31 heavy (non-hydrogen) atoms. The van der Waals surface area contributed by atoms with Gasteiger partial charge in [0, 0.05) is 31.2 Å². The molecule has 0 bridgehead atoms. The van der Waals surface area contributed by atoms with Crippen molar-refractivity contribution in [2.24, 2.45) is 0 Å². The van der Waals surface area contributed by atoms with Crippen molar-refractivity contribution in [3.63, 3.8) is 0 Å². The van der Waals surface area contributed by atoms with Crippen LogP contribution in [0.1, 0.15) is 5.56 Å². The lowest BCUT2D eigenvalue weighted by Gasteiger charge is -2.20. The maximum atomic E-state index is 13.9. The molecule has 6 nitrogen and oxygen atoms in total. The van der Waals surface area contributed by atoms with E-state index in [-0.39, 0.29) is 33.9 Å². The van der Waals surface area contributed by atoms with Crippen LogP contribution in [-0.2, 0) is 21.4 Å². The topological polar surface area (TPSA) is 66.9 Å². The Morgan fingerprint density at radius 1 is 1.10 bits per heavy atom. The van der Waals surface area contributed by atoms with E-state index >= 15 is 0 Å². The molecule has 0 aliphatic rings. The Hall–Kier alpha value is -2.62. The zero-order valence-electron chi connectivity index (χ0n) is 16.8. The number of ether oxygens (including phenoxy) is 1. The number of likely N-dealkylation sites (N-methyl/N-ethyl adjacent to an activating group) is 1. The van der Waals surface area contributed by atoms with Gasteiger partial charge in [0.15, 0.2) is 6.61 Å². The number of carbonyl (C=O) groups excluding carboxylic acids is 1. The van der Waals surface area contributed by atoms with Crippen molar-refractivity contribution < 1.29 is 22.3 Å². The first-order chi connectivity index (χ1) is 14.7. The number of carbonyl (C=O) groups is 1. The predicted octanol–water partition coefficient (Wildman–Crippen LogP) is 4.40. The van der Waals surface area contributed by atoms with E-state index < -0.39 is 15.8 Å². The summed E-state index contributed by atoms with van der Waals surface area (Å²) in [6, 6.07) is 13.9. The molecule has 2 aromatic carbocycles. The molecule has 0 spiro atoms. The summed E-state index contributed by atoms with van der Waals surface area (Å²) in [7, 11) is -0.627. The zero-order chi connectivity index (χ0) is 22.6. The van der Waals surface area contributed by atoms with Crippen LogP contribution in [0.25, 0.3) is 0 Å².